The highest BCUT2D eigenvalue weighted by Gasteiger charge is 2.63. The van der Waals surface area contributed by atoms with Crippen LogP contribution in [-0.2, 0) is 0 Å². The molecule has 0 unspecified atom stereocenters. The Morgan fingerprint density at radius 3 is 0.672 bits per heavy atom. The fourth-order valence-corrected chi connectivity index (χ4v) is 14.5. The first-order valence-electron chi connectivity index (χ1n) is 25.1. The van der Waals surface area contributed by atoms with Gasteiger partial charge in [-0.05, 0) is 99.9 Å². The van der Waals surface area contributed by atoms with Crippen molar-refractivity contribution in [3.8, 4) is 0 Å². The minimum absolute atomic E-state index is 1.01. The van der Waals surface area contributed by atoms with Crippen LogP contribution in [-0.4, -0.2) is 26.2 Å². The van der Waals surface area contributed by atoms with Gasteiger partial charge in [-0.3, -0.25) is 0 Å². The molecule has 5 heteroatoms. The second-order valence-corrected chi connectivity index (χ2v) is 20.8. The SMILES string of the molecule is CCCCCCCN(c1ccccc1C)[P+](N(CCCCCCC)c1ccccc1C)(N(CCCCCCC)c1ccccc1C)N(CCCCCCC)c1ccccc1C. The van der Waals surface area contributed by atoms with Gasteiger partial charge in [-0.15, -0.1) is 0 Å². The summed E-state index contributed by atoms with van der Waals surface area (Å²) in [5, 5.41) is 0. The Morgan fingerprint density at radius 1 is 0.279 bits per heavy atom. The topological polar surface area (TPSA) is 13.0 Å². The maximum atomic E-state index is 3.05. The zero-order chi connectivity index (χ0) is 43.7. The fraction of sp³-hybridized carbons (Fsp3) is 0.571. The normalized spacial score (nSPS) is 11.5. The third-order valence-electron chi connectivity index (χ3n) is 12.8. The van der Waals surface area contributed by atoms with Gasteiger partial charge >= 0.3 is 7.87 Å². The van der Waals surface area contributed by atoms with E-state index in [9.17, 15) is 0 Å². The molecule has 0 radical (unpaired) electrons. The highest BCUT2D eigenvalue weighted by Crippen LogP contribution is 2.74. The summed E-state index contributed by atoms with van der Waals surface area (Å²) in [6.45, 7) is 22.9. The molecule has 0 aliphatic rings. The van der Waals surface area contributed by atoms with Crippen LogP contribution in [0.1, 0.15) is 178 Å². The molecule has 0 atom stereocenters. The number of para-hydroxylation sites is 4. The molecule has 0 aromatic heterocycles. The summed E-state index contributed by atoms with van der Waals surface area (Å²) in [5.74, 6) is 0. The van der Waals surface area contributed by atoms with E-state index in [1.165, 1.54) is 173 Å². The molecule has 0 aliphatic heterocycles. The summed E-state index contributed by atoms with van der Waals surface area (Å²) in [6.07, 6.45) is 25.1. The maximum absolute atomic E-state index is 3.05. The average Bonchev–Trinajstić information content (AvgIpc) is 3.27. The van der Waals surface area contributed by atoms with Crippen molar-refractivity contribution < 1.29 is 0 Å². The second kappa shape index (κ2) is 28.2. The number of anilines is 4. The van der Waals surface area contributed by atoms with Crippen LogP contribution in [0, 0.1) is 27.7 Å². The van der Waals surface area contributed by atoms with Gasteiger partial charge in [-0.2, -0.15) is 18.7 Å². The van der Waals surface area contributed by atoms with Crippen molar-refractivity contribution in [3.63, 3.8) is 0 Å². The van der Waals surface area contributed by atoms with Gasteiger partial charge in [0.05, 0.1) is 48.9 Å². The van der Waals surface area contributed by atoms with E-state index in [0.717, 1.165) is 26.2 Å². The van der Waals surface area contributed by atoms with Gasteiger partial charge in [0, 0.05) is 0 Å². The standard InChI is InChI=1S/C56H88N4P/c1-9-13-17-21-33-45-57(53-41-29-25-37-49(53)5)61(58(46-34-22-18-14-10-2)54-42-30-26-38-50(54)6,59(47-35-23-19-15-11-3)55-43-31-27-39-51(55)7)60(48-36-24-20-16-12-4)56-44-32-28-40-52(56)8/h25-32,37-44H,9-24,33-36,45-48H2,1-8H3/q+1. The minimum Gasteiger partial charge on any atom is -0.189 e. The fourth-order valence-electron chi connectivity index (χ4n) is 9.25. The van der Waals surface area contributed by atoms with Gasteiger partial charge < -0.3 is 0 Å². The highest BCUT2D eigenvalue weighted by molar-refractivity contribution is 7.81. The van der Waals surface area contributed by atoms with E-state index in [-0.39, 0.29) is 0 Å². The van der Waals surface area contributed by atoms with E-state index in [0.29, 0.717) is 0 Å². The lowest BCUT2D eigenvalue weighted by atomic mass is 10.1. The molecule has 0 spiro atoms. The second-order valence-electron chi connectivity index (χ2n) is 17.8. The van der Waals surface area contributed by atoms with Crippen LogP contribution in [0.15, 0.2) is 97.1 Å². The Bertz CT molecular complexity index is 1510. The Hall–Kier alpha value is -3.49. The van der Waals surface area contributed by atoms with E-state index in [4.69, 9.17) is 0 Å². The Labute approximate surface area is 377 Å². The molecule has 0 amide bonds. The van der Waals surface area contributed by atoms with Crippen LogP contribution >= 0.6 is 7.87 Å². The lowest BCUT2D eigenvalue weighted by Crippen LogP contribution is -2.55. The Morgan fingerprint density at radius 2 is 0.475 bits per heavy atom. The molecule has 0 fully saturated rings. The van der Waals surface area contributed by atoms with Gasteiger partial charge in [-0.25, -0.2) is 0 Å². The molecule has 0 aliphatic carbocycles. The maximum Gasteiger partial charge on any atom is 0.405 e. The molecule has 0 N–H and O–H groups in total. The summed E-state index contributed by atoms with van der Waals surface area (Å²) >= 11 is 0. The molecule has 0 saturated heterocycles. The summed E-state index contributed by atoms with van der Waals surface area (Å²) in [6, 6.07) is 37.7. The monoisotopic (exact) mass is 848 g/mol. The predicted octanol–water partition coefficient (Wildman–Crippen LogP) is 17.8. The minimum atomic E-state index is -2.82. The van der Waals surface area contributed by atoms with E-state index in [2.05, 4.69) is 171 Å². The van der Waals surface area contributed by atoms with E-state index < -0.39 is 7.87 Å². The molecule has 4 rings (SSSR count). The van der Waals surface area contributed by atoms with Crippen molar-refractivity contribution in [3.05, 3.63) is 119 Å². The number of hydrogen-bond acceptors (Lipinski definition) is 4. The molecular weight excluding hydrogens is 760 g/mol. The first kappa shape index (κ1) is 50.2. The van der Waals surface area contributed by atoms with Crippen LogP contribution in [0.4, 0.5) is 22.7 Å². The number of unbranched alkanes of at least 4 members (excludes halogenated alkanes) is 16. The van der Waals surface area contributed by atoms with Gasteiger partial charge in [0.1, 0.15) is 0 Å². The molecule has 0 heterocycles. The number of aryl methyl sites for hydroxylation is 4. The van der Waals surface area contributed by atoms with Crippen molar-refractivity contribution in [2.24, 2.45) is 0 Å². The largest absolute Gasteiger partial charge is 0.405 e. The summed E-state index contributed by atoms with van der Waals surface area (Å²) in [4.78, 5) is 0. The van der Waals surface area contributed by atoms with Crippen molar-refractivity contribution in [1.82, 2.24) is 0 Å². The molecule has 4 aromatic rings. The van der Waals surface area contributed by atoms with E-state index in [1.807, 2.05) is 0 Å². The zero-order valence-electron chi connectivity index (χ0n) is 40.4. The van der Waals surface area contributed by atoms with Gasteiger partial charge in [0.25, 0.3) is 0 Å². The van der Waals surface area contributed by atoms with Gasteiger partial charge in [0.2, 0.25) is 0 Å². The van der Waals surface area contributed by atoms with Gasteiger partial charge in [-0.1, -0.05) is 203 Å². The van der Waals surface area contributed by atoms with Crippen molar-refractivity contribution >= 4 is 30.6 Å². The Kier molecular flexibility index (Phi) is 23.2. The molecule has 4 nitrogen and oxygen atoms in total. The summed E-state index contributed by atoms with van der Waals surface area (Å²) in [7, 11) is -2.82. The molecular formula is C56H88N4P+. The predicted molar refractivity (Wildman–Crippen MR) is 276 cm³/mol. The van der Waals surface area contributed by atoms with Crippen LogP contribution < -0.4 is 18.7 Å². The summed E-state index contributed by atoms with van der Waals surface area (Å²) in [5.41, 5.74) is 11.0. The number of hydrogen-bond donors (Lipinski definition) is 0. The van der Waals surface area contributed by atoms with E-state index >= 15 is 0 Å². The third kappa shape index (κ3) is 14.3. The smallest absolute Gasteiger partial charge is 0.189 e. The zero-order valence-corrected chi connectivity index (χ0v) is 41.3. The highest BCUT2D eigenvalue weighted by atomic mass is 31.2. The number of benzene rings is 4. The van der Waals surface area contributed by atoms with Crippen LogP contribution in [0.3, 0.4) is 0 Å². The molecule has 4 aromatic carbocycles. The third-order valence-corrected chi connectivity index (χ3v) is 17.0. The van der Waals surface area contributed by atoms with Crippen molar-refractivity contribution in [2.75, 3.05) is 44.9 Å². The lowest BCUT2D eigenvalue weighted by Gasteiger charge is -2.54. The summed E-state index contributed by atoms with van der Waals surface area (Å²) < 4.78 is 12.2. The molecule has 0 saturated carbocycles. The van der Waals surface area contributed by atoms with Crippen LogP contribution in [0.2, 0.25) is 0 Å². The lowest BCUT2D eigenvalue weighted by molar-refractivity contribution is 0.620. The van der Waals surface area contributed by atoms with Crippen molar-refractivity contribution in [2.45, 2.75) is 184 Å². The number of nitrogens with zero attached hydrogens (tertiary/aromatic N) is 4. The molecule has 336 valence electrons. The van der Waals surface area contributed by atoms with Crippen molar-refractivity contribution in [1.29, 1.82) is 0 Å². The Balaban J connectivity index is 2.25. The quantitative estimate of drug-likeness (QED) is 0.0358. The molecule has 61 heavy (non-hydrogen) atoms. The first-order valence-corrected chi connectivity index (χ1v) is 26.7. The number of rotatable bonds is 32. The van der Waals surface area contributed by atoms with Crippen LogP contribution in [0.5, 0.6) is 0 Å². The molecule has 0 bridgehead atoms. The van der Waals surface area contributed by atoms with Gasteiger partial charge in [0.15, 0.2) is 0 Å². The van der Waals surface area contributed by atoms with E-state index in [1.54, 1.807) is 0 Å². The average molecular weight is 848 g/mol. The van der Waals surface area contributed by atoms with Crippen LogP contribution in [0.25, 0.3) is 0 Å². The first-order chi connectivity index (χ1) is 29.9.